The Bertz CT molecular complexity index is 1130. The Labute approximate surface area is 185 Å². The summed E-state index contributed by atoms with van der Waals surface area (Å²) in [6.07, 6.45) is 2.35. The lowest BCUT2D eigenvalue weighted by Gasteiger charge is -2.21. The number of anilines is 1. The molecule has 0 saturated carbocycles. The third-order valence-corrected chi connectivity index (χ3v) is 5.81. The summed E-state index contributed by atoms with van der Waals surface area (Å²) in [5, 5.41) is 10.9. The molecule has 0 saturated heterocycles. The molecule has 2 heteroatoms. The summed E-state index contributed by atoms with van der Waals surface area (Å²) >= 11 is 0. The molecule has 0 bridgehead atoms. The topological polar surface area (TPSA) is 23.5 Å². The van der Waals surface area contributed by atoms with Crippen molar-refractivity contribution in [2.75, 3.05) is 19.0 Å². The van der Waals surface area contributed by atoms with E-state index in [2.05, 4.69) is 104 Å². The third kappa shape index (κ3) is 4.97. The van der Waals surface area contributed by atoms with Crippen LogP contribution in [0.5, 0.6) is 5.75 Å². The average Bonchev–Trinajstić information content (AvgIpc) is 2.79. The molecule has 0 atom stereocenters. The van der Waals surface area contributed by atoms with Crippen molar-refractivity contribution < 1.29 is 5.11 Å². The highest BCUT2D eigenvalue weighted by atomic mass is 16.3. The molecular weight excluding hydrogens is 378 g/mol. The first-order chi connectivity index (χ1) is 15.1. The highest BCUT2D eigenvalue weighted by Crippen LogP contribution is 2.33. The molecule has 0 spiro atoms. The molecule has 156 valence electrons. The fourth-order valence-electron chi connectivity index (χ4n) is 4.22. The van der Waals surface area contributed by atoms with Gasteiger partial charge in [0.2, 0.25) is 0 Å². The van der Waals surface area contributed by atoms with Crippen LogP contribution in [0.15, 0.2) is 97.1 Å². The lowest BCUT2D eigenvalue weighted by atomic mass is 9.88. The molecular formula is C29H29NO. The minimum absolute atomic E-state index is 0.372. The molecule has 0 radical (unpaired) electrons. The molecule has 1 N–H and O–H groups in total. The van der Waals surface area contributed by atoms with Crippen LogP contribution in [0, 0.1) is 0 Å². The number of benzene rings is 4. The molecule has 0 fully saturated rings. The summed E-state index contributed by atoms with van der Waals surface area (Å²) in [6, 6.07) is 33.5. The fourth-order valence-corrected chi connectivity index (χ4v) is 4.22. The van der Waals surface area contributed by atoms with Gasteiger partial charge in [0.05, 0.1) is 0 Å². The molecule has 0 aliphatic heterocycles. The van der Waals surface area contributed by atoms with E-state index in [1.807, 2.05) is 12.1 Å². The van der Waals surface area contributed by atoms with Crippen LogP contribution in [0.2, 0.25) is 0 Å². The Morgan fingerprint density at radius 1 is 0.548 bits per heavy atom. The summed E-state index contributed by atoms with van der Waals surface area (Å²) in [6.45, 7) is 0. The number of phenols is 1. The van der Waals surface area contributed by atoms with E-state index in [0.717, 1.165) is 18.4 Å². The van der Waals surface area contributed by atoms with E-state index >= 15 is 0 Å². The lowest BCUT2D eigenvalue weighted by Crippen LogP contribution is -2.12. The fraction of sp³-hybridized carbons (Fsp3) is 0.172. The van der Waals surface area contributed by atoms with Gasteiger partial charge in [0.15, 0.2) is 0 Å². The van der Waals surface area contributed by atoms with Crippen LogP contribution < -0.4 is 4.90 Å². The van der Waals surface area contributed by atoms with Crippen molar-refractivity contribution >= 4 is 5.69 Å². The Hall–Kier alpha value is -3.52. The molecule has 2 nitrogen and oxygen atoms in total. The van der Waals surface area contributed by atoms with Crippen molar-refractivity contribution in [2.24, 2.45) is 0 Å². The van der Waals surface area contributed by atoms with Gasteiger partial charge in [0, 0.05) is 31.8 Å². The minimum atomic E-state index is 0.372. The quantitative estimate of drug-likeness (QED) is 0.392. The lowest BCUT2D eigenvalue weighted by molar-refractivity contribution is 0.468. The summed E-state index contributed by atoms with van der Waals surface area (Å²) in [5.74, 6) is 0.372. The van der Waals surface area contributed by atoms with Gasteiger partial charge in [-0.3, -0.25) is 0 Å². The molecule has 0 unspecified atom stereocenters. The molecule has 0 heterocycles. The second-order valence-electron chi connectivity index (χ2n) is 8.23. The monoisotopic (exact) mass is 407 g/mol. The maximum Gasteiger partial charge on any atom is 0.119 e. The second kappa shape index (κ2) is 9.53. The van der Waals surface area contributed by atoms with Crippen molar-refractivity contribution in [2.45, 2.75) is 19.3 Å². The zero-order chi connectivity index (χ0) is 21.6. The van der Waals surface area contributed by atoms with Gasteiger partial charge in [-0.1, -0.05) is 84.9 Å². The summed E-state index contributed by atoms with van der Waals surface area (Å²) < 4.78 is 0. The van der Waals surface area contributed by atoms with Crippen molar-refractivity contribution in [1.29, 1.82) is 0 Å². The standard InChI is InChI=1S/C29H29NO/c1-30(2)28-16-10-9-15-25(28)21-27-26(20-23-13-7-4-8-14-23)24(17-18-29(27)31)19-22-11-5-3-6-12-22/h3-18,31H,19-21H2,1-2H3. The summed E-state index contributed by atoms with van der Waals surface area (Å²) in [7, 11) is 4.13. The normalized spacial score (nSPS) is 10.8. The molecule has 4 aromatic rings. The number of hydrogen-bond acceptors (Lipinski definition) is 2. The molecule has 0 aliphatic rings. The molecule has 0 amide bonds. The Morgan fingerprint density at radius 3 is 1.77 bits per heavy atom. The van der Waals surface area contributed by atoms with Crippen LogP contribution >= 0.6 is 0 Å². The van der Waals surface area contributed by atoms with Gasteiger partial charge in [-0.05, 0) is 52.8 Å². The van der Waals surface area contributed by atoms with E-state index < -0.39 is 0 Å². The SMILES string of the molecule is CN(C)c1ccccc1Cc1c(O)ccc(Cc2ccccc2)c1Cc1ccccc1. The number of phenolic OH excluding ortho intramolecular Hbond substituents is 1. The summed E-state index contributed by atoms with van der Waals surface area (Å²) in [4.78, 5) is 2.14. The van der Waals surface area contributed by atoms with E-state index in [9.17, 15) is 5.11 Å². The maximum atomic E-state index is 10.9. The van der Waals surface area contributed by atoms with Crippen molar-refractivity contribution in [1.82, 2.24) is 0 Å². The zero-order valence-electron chi connectivity index (χ0n) is 18.3. The maximum absolute atomic E-state index is 10.9. The largest absolute Gasteiger partial charge is 0.508 e. The number of para-hydroxylation sites is 1. The minimum Gasteiger partial charge on any atom is -0.508 e. The van der Waals surface area contributed by atoms with Crippen LogP contribution in [0.1, 0.15) is 33.4 Å². The van der Waals surface area contributed by atoms with Gasteiger partial charge >= 0.3 is 0 Å². The van der Waals surface area contributed by atoms with Gasteiger partial charge < -0.3 is 10.0 Å². The van der Waals surface area contributed by atoms with Crippen LogP contribution in [-0.2, 0) is 19.3 Å². The highest BCUT2D eigenvalue weighted by Gasteiger charge is 2.16. The van der Waals surface area contributed by atoms with E-state index in [1.165, 1.54) is 33.5 Å². The molecule has 4 rings (SSSR count). The Kier molecular flexibility index (Phi) is 6.37. The van der Waals surface area contributed by atoms with Crippen LogP contribution in [-0.4, -0.2) is 19.2 Å². The van der Waals surface area contributed by atoms with Crippen LogP contribution in [0.4, 0.5) is 5.69 Å². The van der Waals surface area contributed by atoms with Crippen molar-refractivity contribution in [3.05, 3.63) is 130 Å². The predicted octanol–water partition coefficient (Wildman–Crippen LogP) is 6.23. The van der Waals surface area contributed by atoms with Gasteiger partial charge in [-0.2, -0.15) is 0 Å². The number of rotatable bonds is 7. The average molecular weight is 408 g/mol. The van der Waals surface area contributed by atoms with Crippen LogP contribution in [0.3, 0.4) is 0 Å². The van der Waals surface area contributed by atoms with Gasteiger partial charge in [0.1, 0.15) is 5.75 Å². The smallest absolute Gasteiger partial charge is 0.119 e. The first-order valence-electron chi connectivity index (χ1n) is 10.8. The van der Waals surface area contributed by atoms with E-state index in [1.54, 1.807) is 0 Å². The number of hydrogen-bond donors (Lipinski definition) is 1. The van der Waals surface area contributed by atoms with Crippen molar-refractivity contribution in [3.8, 4) is 5.75 Å². The van der Waals surface area contributed by atoms with E-state index in [0.29, 0.717) is 12.2 Å². The predicted molar refractivity (Wildman–Crippen MR) is 130 cm³/mol. The van der Waals surface area contributed by atoms with Gasteiger partial charge in [-0.25, -0.2) is 0 Å². The van der Waals surface area contributed by atoms with Crippen LogP contribution in [0.25, 0.3) is 0 Å². The zero-order valence-corrected chi connectivity index (χ0v) is 18.3. The second-order valence-corrected chi connectivity index (χ2v) is 8.23. The van der Waals surface area contributed by atoms with Crippen molar-refractivity contribution in [3.63, 3.8) is 0 Å². The molecule has 4 aromatic carbocycles. The third-order valence-electron chi connectivity index (χ3n) is 5.81. The first kappa shape index (κ1) is 20.7. The summed E-state index contributed by atoms with van der Waals surface area (Å²) in [5.41, 5.74) is 8.45. The number of nitrogens with zero attached hydrogens (tertiary/aromatic N) is 1. The number of aromatic hydroxyl groups is 1. The first-order valence-corrected chi connectivity index (χ1v) is 10.8. The molecule has 0 aromatic heterocycles. The van der Waals surface area contributed by atoms with Gasteiger partial charge in [-0.15, -0.1) is 0 Å². The highest BCUT2D eigenvalue weighted by molar-refractivity contribution is 5.57. The van der Waals surface area contributed by atoms with E-state index in [4.69, 9.17) is 0 Å². The van der Waals surface area contributed by atoms with Gasteiger partial charge in [0.25, 0.3) is 0 Å². The molecule has 0 aliphatic carbocycles. The Morgan fingerprint density at radius 2 is 1.13 bits per heavy atom. The Balaban J connectivity index is 1.80. The van der Waals surface area contributed by atoms with E-state index in [-0.39, 0.29) is 0 Å². The molecule has 31 heavy (non-hydrogen) atoms.